The molecule has 1 N–H and O–H groups in total. The first-order valence-electron chi connectivity index (χ1n) is 3.25. The zero-order valence-corrected chi connectivity index (χ0v) is 7.06. The molecule has 0 heterocycles. The van der Waals surface area contributed by atoms with Crippen molar-refractivity contribution in [2.24, 2.45) is 0 Å². The average molecular weight is 167 g/mol. The van der Waals surface area contributed by atoms with Gasteiger partial charge in [0.25, 0.3) is 0 Å². The fraction of sp³-hybridized carbons (Fsp3) is 1.00. The fourth-order valence-electron chi connectivity index (χ4n) is 0.686. The van der Waals surface area contributed by atoms with Crippen molar-refractivity contribution >= 4 is 10.3 Å². The van der Waals surface area contributed by atoms with Crippen molar-refractivity contribution in [3.63, 3.8) is 0 Å². The summed E-state index contributed by atoms with van der Waals surface area (Å²) in [6.07, 6.45) is 0.716. The maximum absolute atomic E-state index is 10.4. The number of nitrogens with zero attached hydrogens (tertiary/aromatic N) is 1. The van der Waals surface area contributed by atoms with E-state index in [2.05, 4.69) is 0 Å². The highest BCUT2D eigenvalue weighted by molar-refractivity contribution is 7.83. The van der Waals surface area contributed by atoms with Gasteiger partial charge in [0, 0.05) is 13.1 Å². The summed E-state index contributed by atoms with van der Waals surface area (Å²) in [5.74, 6) is 0. The van der Waals surface area contributed by atoms with Crippen LogP contribution in [0.25, 0.3) is 0 Å². The van der Waals surface area contributed by atoms with Crippen LogP contribution in [0.15, 0.2) is 0 Å². The zero-order valence-electron chi connectivity index (χ0n) is 6.24. The molecule has 0 saturated heterocycles. The maximum atomic E-state index is 10.4. The van der Waals surface area contributed by atoms with Crippen molar-refractivity contribution in [3.8, 4) is 0 Å². The van der Waals surface area contributed by atoms with Crippen LogP contribution in [0.5, 0.6) is 0 Å². The smallest absolute Gasteiger partial charge is 0.273 e. The van der Waals surface area contributed by atoms with E-state index in [0.29, 0.717) is 19.5 Å². The summed E-state index contributed by atoms with van der Waals surface area (Å²) in [6, 6.07) is 0. The molecule has 0 fully saturated rings. The fourth-order valence-corrected chi connectivity index (χ4v) is 1.43. The lowest BCUT2D eigenvalue weighted by atomic mass is 10.5. The molecule has 0 aliphatic heterocycles. The standard InChI is InChI=1S/C5H13NO3S/c1-3-5-6(4-2)10(7,8)9/h3-5H2,1-2H3,(H,7,8,9). The lowest BCUT2D eigenvalue weighted by molar-refractivity contribution is 0.361. The van der Waals surface area contributed by atoms with Crippen LogP contribution >= 0.6 is 0 Å². The van der Waals surface area contributed by atoms with Crippen LogP contribution in [-0.4, -0.2) is 30.4 Å². The van der Waals surface area contributed by atoms with Crippen LogP contribution in [-0.2, 0) is 10.3 Å². The van der Waals surface area contributed by atoms with E-state index in [1.165, 1.54) is 0 Å². The summed E-state index contributed by atoms with van der Waals surface area (Å²) >= 11 is 0. The molecular weight excluding hydrogens is 154 g/mol. The quantitative estimate of drug-likeness (QED) is 0.621. The van der Waals surface area contributed by atoms with Crippen LogP contribution in [0.1, 0.15) is 20.3 Å². The summed E-state index contributed by atoms with van der Waals surface area (Å²) < 4.78 is 30.4. The Balaban J connectivity index is 4.08. The molecule has 0 bridgehead atoms. The molecule has 0 rings (SSSR count). The maximum Gasteiger partial charge on any atom is 0.335 e. The second kappa shape index (κ2) is 3.90. The van der Waals surface area contributed by atoms with Gasteiger partial charge in [0.1, 0.15) is 0 Å². The van der Waals surface area contributed by atoms with Gasteiger partial charge in [-0.05, 0) is 6.42 Å². The van der Waals surface area contributed by atoms with Crippen molar-refractivity contribution in [2.75, 3.05) is 13.1 Å². The van der Waals surface area contributed by atoms with E-state index in [0.717, 1.165) is 4.31 Å². The molecular formula is C5H13NO3S. The molecule has 62 valence electrons. The third-order valence-electron chi connectivity index (χ3n) is 1.15. The largest absolute Gasteiger partial charge is 0.335 e. The number of hydrogen-bond acceptors (Lipinski definition) is 2. The molecule has 0 aromatic rings. The first-order valence-corrected chi connectivity index (χ1v) is 4.64. The third-order valence-corrected chi connectivity index (χ3v) is 2.25. The molecule has 5 heteroatoms. The zero-order chi connectivity index (χ0) is 8.20. The first kappa shape index (κ1) is 9.87. The van der Waals surface area contributed by atoms with Gasteiger partial charge >= 0.3 is 10.3 Å². The van der Waals surface area contributed by atoms with Gasteiger partial charge in [-0.3, -0.25) is 4.55 Å². The average Bonchev–Trinajstić information content (AvgIpc) is 1.80. The Hall–Kier alpha value is -0.130. The van der Waals surface area contributed by atoms with Gasteiger partial charge in [0.15, 0.2) is 0 Å². The predicted octanol–water partition coefficient (Wildman–Crippen LogP) is 0.521. The Bertz CT molecular complexity index is 175. The van der Waals surface area contributed by atoms with Crippen LogP contribution < -0.4 is 0 Å². The molecule has 0 aromatic heterocycles. The van der Waals surface area contributed by atoms with E-state index in [1.807, 2.05) is 6.92 Å². The highest BCUT2D eigenvalue weighted by Gasteiger charge is 2.14. The minimum atomic E-state index is -3.94. The van der Waals surface area contributed by atoms with E-state index in [-0.39, 0.29) is 0 Å². The molecule has 0 aliphatic rings. The van der Waals surface area contributed by atoms with E-state index >= 15 is 0 Å². The highest BCUT2D eigenvalue weighted by atomic mass is 32.2. The van der Waals surface area contributed by atoms with Crippen molar-refractivity contribution in [2.45, 2.75) is 20.3 Å². The van der Waals surface area contributed by atoms with Gasteiger partial charge in [0.2, 0.25) is 0 Å². The third kappa shape index (κ3) is 3.14. The normalized spacial score (nSPS) is 12.4. The lowest BCUT2D eigenvalue weighted by Gasteiger charge is -2.13. The van der Waals surface area contributed by atoms with Gasteiger partial charge in [-0.15, -0.1) is 0 Å². The van der Waals surface area contributed by atoms with Crippen LogP contribution in [0.3, 0.4) is 0 Å². The minimum Gasteiger partial charge on any atom is -0.273 e. The van der Waals surface area contributed by atoms with Crippen molar-refractivity contribution in [1.82, 2.24) is 4.31 Å². The minimum absolute atomic E-state index is 0.326. The van der Waals surface area contributed by atoms with Crippen molar-refractivity contribution < 1.29 is 13.0 Å². The van der Waals surface area contributed by atoms with Gasteiger partial charge in [-0.2, -0.15) is 12.7 Å². The molecule has 0 spiro atoms. The topological polar surface area (TPSA) is 57.6 Å². The van der Waals surface area contributed by atoms with Crippen molar-refractivity contribution in [3.05, 3.63) is 0 Å². The Morgan fingerprint density at radius 1 is 1.40 bits per heavy atom. The molecule has 4 nitrogen and oxygen atoms in total. The lowest BCUT2D eigenvalue weighted by Crippen LogP contribution is -2.30. The van der Waals surface area contributed by atoms with E-state index in [4.69, 9.17) is 4.55 Å². The summed E-state index contributed by atoms with van der Waals surface area (Å²) in [4.78, 5) is 0. The Morgan fingerprint density at radius 2 is 1.90 bits per heavy atom. The molecule has 0 aliphatic carbocycles. The number of rotatable bonds is 4. The molecule has 10 heavy (non-hydrogen) atoms. The van der Waals surface area contributed by atoms with Crippen LogP contribution in [0.4, 0.5) is 0 Å². The SMILES string of the molecule is CCCN(CC)S(=O)(=O)O. The second-order valence-electron chi connectivity index (χ2n) is 1.97. The first-order chi connectivity index (χ1) is 4.52. The Kier molecular flexibility index (Phi) is 3.85. The number of hydrogen-bond donors (Lipinski definition) is 1. The Labute approximate surface area is 61.7 Å². The molecule has 0 unspecified atom stereocenters. The Morgan fingerprint density at radius 3 is 2.00 bits per heavy atom. The van der Waals surface area contributed by atoms with E-state index in [9.17, 15) is 8.42 Å². The predicted molar refractivity (Wildman–Crippen MR) is 39.1 cm³/mol. The van der Waals surface area contributed by atoms with Crippen molar-refractivity contribution in [1.29, 1.82) is 0 Å². The monoisotopic (exact) mass is 167 g/mol. The molecule has 0 radical (unpaired) electrons. The highest BCUT2D eigenvalue weighted by Crippen LogP contribution is 1.96. The van der Waals surface area contributed by atoms with Crippen LogP contribution in [0.2, 0.25) is 0 Å². The van der Waals surface area contributed by atoms with Crippen LogP contribution in [0, 0.1) is 0 Å². The molecule has 0 saturated carbocycles. The van der Waals surface area contributed by atoms with E-state index in [1.54, 1.807) is 6.92 Å². The molecule has 0 amide bonds. The van der Waals surface area contributed by atoms with E-state index < -0.39 is 10.3 Å². The summed E-state index contributed by atoms with van der Waals surface area (Å²) in [5.41, 5.74) is 0. The molecule has 0 aromatic carbocycles. The van der Waals surface area contributed by atoms with Gasteiger partial charge < -0.3 is 0 Å². The van der Waals surface area contributed by atoms with Gasteiger partial charge in [-0.1, -0.05) is 13.8 Å². The summed E-state index contributed by atoms with van der Waals surface area (Å²) in [7, 11) is -3.94. The molecule has 0 atom stereocenters. The van der Waals surface area contributed by atoms with Gasteiger partial charge in [0.05, 0.1) is 0 Å². The summed E-state index contributed by atoms with van der Waals surface area (Å²) in [5, 5.41) is 0. The second-order valence-corrected chi connectivity index (χ2v) is 3.38. The summed E-state index contributed by atoms with van der Waals surface area (Å²) in [6.45, 7) is 4.25. The van der Waals surface area contributed by atoms with Gasteiger partial charge in [-0.25, -0.2) is 0 Å².